The molecule has 0 spiro atoms. The third kappa shape index (κ3) is 3.18. The average molecular weight is 277 g/mol. The summed E-state index contributed by atoms with van der Waals surface area (Å²) in [6.45, 7) is 5.22. The summed E-state index contributed by atoms with van der Waals surface area (Å²) in [5.74, 6) is 2.73. The van der Waals surface area contributed by atoms with Crippen LogP contribution in [0, 0.1) is 5.41 Å². The molecule has 2 saturated heterocycles. The molecule has 0 radical (unpaired) electrons. The Balaban J connectivity index is 1.89. The van der Waals surface area contributed by atoms with E-state index in [2.05, 4.69) is 19.2 Å². The van der Waals surface area contributed by atoms with Gasteiger partial charge in [0, 0.05) is 18.3 Å². The maximum Gasteiger partial charge on any atom is 0.154 e. The molecule has 2 unspecified atom stereocenters. The molecular formula is C12H23NO2S2. The minimum Gasteiger partial charge on any atom is -0.311 e. The summed E-state index contributed by atoms with van der Waals surface area (Å²) < 4.78 is 23.5. The van der Waals surface area contributed by atoms with Gasteiger partial charge in [0.2, 0.25) is 0 Å². The first-order valence-corrected chi connectivity index (χ1v) is 9.31. The summed E-state index contributed by atoms with van der Waals surface area (Å²) in [4.78, 5) is 0. The normalized spacial score (nSPS) is 35.9. The van der Waals surface area contributed by atoms with Gasteiger partial charge in [-0.2, -0.15) is 11.8 Å². The zero-order chi connectivity index (χ0) is 12.5. The molecule has 1 N–H and O–H groups in total. The van der Waals surface area contributed by atoms with Crippen molar-refractivity contribution < 1.29 is 8.42 Å². The minimum atomic E-state index is -2.79. The molecule has 2 fully saturated rings. The van der Waals surface area contributed by atoms with E-state index in [1.165, 1.54) is 12.2 Å². The second-order valence-electron chi connectivity index (χ2n) is 5.91. The summed E-state index contributed by atoms with van der Waals surface area (Å²) in [6, 6.07) is 0.456. The lowest BCUT2D eigenvalue weighted by atomic mass is 9.82. The zero-order valence-electron chi connectivity index (χ0n) is 10.7. The highest BCUT2D eigenvalue weighted by Crippen LogP contribution is 2.34. The molecule has 2 aliphatic heterocycles. The first-order valence-electron chi connectivity index (χ1n) is 6.44. The fourth-order valence-electron chi connectivity index (χ4n) is 2.63. The van der Waals surface area contributed by atoms with Crippen LogP contribution in [0.15, 0.2) is 0 Å². The van der Waals surface area contributed by atoms with E-state index in [1.54, 1.807) is 0 Å². The summed E-state index contributed by atoms with van der Waals surface area (Å²) in [7, 11) is -2.79. The van der Waals surface area contributed by atoms with Crippen LogP contribution in [0.5, 0.6) is 0 Å². The third-order valence-electron chi connectivity index (χ3n) is 4.17. The van der Waals surface area contributed by atoms with Crippen molar-refractivity contribution >= 4 is 21.6 Å². The highest BCUT2D eigenvalue weighted by molar-refractivity contribution is 7.99. The van der Waals surface area contributed by atoms with E-state index in [-0.39, 0.29) is 5.25 Å². The molecule has 0 bridgehead atoms. The van der Waals surface area contributed by atoms with Gasteiger partial charge in [0.15, 0.2) is 9.84 Å². The molecule has 2 aliphatic rings. The second-order valence-corrected chi connectivity index (χ2v) is 9.46. The molecule has 0 aromatic heterocycles. The first kappa shape index (κ1) is 13.7. The molecule has 5 heteroatoms. The zero-order valence-corrected chi connectivity index (χ0v) is 12.4. The van der Waals surface area contributed by atoms with E-state index in [9.17, 15) is 8.42 Å². The Labute approximate surface area is 109 Å². The smallest absolute Gasteiger partial charge is 0.154 e. The molecule has 0 saturated carbocycles. The van der Waals surface area contributed by atoms with Crippen molar-refractivity contribution in [3.05, 3.63) is 0 Å². The molecule has 17 heavy (non-hydrogen) atoms. The lowest BCUT2D eigenvalue weighted by Gasteiger charge is -2.39. The minimum absolute atomic E-state index is 0.134. The monoisotopic (exact) mass is 277 g/mol. The van der Waals surface area contributed by atoms with E-state index < -0.39 is 9.84 Å². The average Bonchev–Trinajstić information content (AvgIpc) is 2.56. The van der Waals surface area contributed by atoms with Crippen LogP contribution in [-0.4, -0.2) is 43.5 Å². The van der Waals surface area contributed by atoms with Gasteiger partial charge in [-0.1, -0.05) is 13.8 Å². The Morgan fingerprint density at radius 2 is 2.18 bits per heavy atom. The van der Waals surface area contributed by atoms with Crippen LogP contribution in [0.4, 0.5) is 0 Å². The largest absolute Gasteiger partial charge is 0.311 e. The van der Waals surface area contributed by atoms with Crippen LogP contribution in [0.25, 0.3) is 0 Å². The molecule has 0 aliphatic carbocycles. The van der Waals surface area contributed by atoms with Gasteiger partial charge in [0.05, 0.1) is 11.0 Å². The molecule has 3 nitrogen and oxygen atoms in total. The number of nitrogens with one attached hydrogen (secondary N) is 1. The van der Waals surface area contributed by atoms with Gasteiger partial charge < -0.3 is 5.32 Å². The Morgan fingerprint density at radius 1 is 1.41 bits per heavy atom. The third-order valence-corrected chi connectivity index (χ3v) is 7.51. The highest BCUT2D eigenvalue weighted by Gasteiger charge is 2.35. The van der Waals surface area contributed by atoms with Gasteiger partial charge in [0.25, 0.3) is 0 Å². The van der Waals surface area contributed by atoms with Crippen LogP contribution in [0.2, 0.25) is 0 Å². The fraction of sp³-hybridized carbons (Fsp3) is 1.00. The van der Waals surface area contributed by atoms with E-state index in [1.807, 2.05) is 11.8 Å². The van der Waals surface area contributed by atoms with Crippen LogP contribution in [-0.2, 0) is 9.84 Å². The van der Waals surface area contributed by atoms with Crippen LogP contribution in [0.1, 0.15) is 33.1 Å². The molecule has 100 valence electrons. The molecule has 0 amide bonds. The molecule has 0 aromatic rings. The van der Waals surface area contributed by atoms with Gasteiger partial charge in [-0.15, -0.1) is 0 Å². The molecule has 0 aromatic carbocycles. The first-order chi connectivity index (χ1) is 7.92. The SMILES string of the molecule is CC1(C)CCSCC1NCC1CCCS1(=O)=O. The second kappa shape index (κ2) is 5.10. The molecule has 2 rings (SSSR count). The van der Waals surface area contributed by atoms with E-state index in [4.69, 9.17) is 0 Å². The van der Waals surface area contributed by atoms with Crippen molar-refractivity contribution in [3.8, 4) is 0 Å². The van der Waals surface area contributed by atoms with Gasteiger partial charge >= 0.3 is 0 Å². The van der Waals surface area contributed by atoms with Gasteiger partial charge in [0.1, 0.15) is 0 Å². The number of rotatable bonds is 3. The van der Waals surface area contributed by atoms with E-state index >= 15 is 0 Å². The Kier molecular flexibility index (Phi) is 4.10. The van der Waals surface area contributed by atoms with Crippen LogP contribution >= 0.6 is 11.8 Å². The standard InChI is InChI=1S/C12H23NO2S2/c1-12(2)5-6-16-9-11(12)13-8-10-4-3-7-17(10,14)15/h10-11,13H,3-9H2,1-2H3. The van der Waals surface area contributed by atoms with Crippen molar-refractivity contribution in [2.24, 2.45) is 5.41 Å². The number of hydrogen-bond acceptors (Lipinski definition) is 4. The molecule has 2 atom stereocenters. The predicted molar refractivity (Wildman–Crippen MR) is 74.3 cm³/mol. The summed E-state index contributed by atoms with van der Waals surface area (Å²) >= 11 is 1.98. The maximum absolute atomic E-state index is 11.8. The summed E-state index contributed by atoms with van der Waals surface area (Å²) in [5, 5.41) is 3.38. The molecular weight excluding hydrogens is 254 g/mol. The van der Waals surface area contributed by atoms with Crippen LogP contribution in [0.3, 0.4) is 0 Å². The highest BCUT2D eigenvalue weighted by atomic mass is 32.2. The van der Waals surface area contributed by atoms with Crippen LogP contribution < -0.4 is 5.32 Å². The number of hydrogen-bond donors (Lipinski definition) is 1. The van der Waals surface area contributed by atoms with Crippen molar-refractivity contribution in [1.82, 2.24) is 5.32 Å². The van der Waals surface area contributed by atoms with Crippen molar-refractivity contribution in [1.29, 1.82) is 0 Å². The van der Waals surface area contributed by atoms with Gasteiger partial charge in [-0.3, -0.25) is 0 Å². The van der Waals surface area contributed by atoms with E-state index in [0.29, 0.717) is 23.8 Å². The summed E-state index contributed by atoms with van der Waals surface area (Å²) in [6.07, 6.45) is 2.90. The Bertz CT molecular complexity index is 365. The number of sulfone groups is 1. The van der Waals surface area contributed by atoms with E-state index in [0.717, 1.165) is 18.6 Å². The van der Waals surface area contributed by atoms with Gasteiger partial charge in [-0.05, 0) is 30.4 Å². The lowest BCUT2D eigenvalue weighted by Crippen LogP contribution is -2.49. The molecule has 2 heterocycles. The Hall–Kier alpha value is 0.260. The van der Waals surface area contributed by atoms with Crippen molar-refractivity contribution in [2.75, 3.05) is 23.8 Å². The fourth-order valence-corrected chi connectivity index (χ4v) is 6.05. The predicted octanol–water partition coefficient (Wildman–Crippen LogP) is 1.68. The topological polar surface area (TPSA) is 46.2 Å². The van der Waals surface area contributed by atoms with Crippen molar-refractivity contribution in [3.63, 3.8) is 0 Å². The maximum atomic E-state index is 11.8. The number of thioether (sulfide) groups is 1. The Morgan fingerprint density at radius 3 is 2.76 bits per heavy atom. The summed E-state index contributed by atoms with van der Waals surface area (Å²) in [5.41, 5.74) is 0.299. The van der Waals surface area contributed by atoms with Crippen molar-refractivity contribution in [2.45, 2.75) is 44.4 Å². The van der Waals surface area contributed by atoms with Gasteiger partial charge in [-0.25, -0.2) is 8.42 Å². The quantitative estimate of drug-likeness (QED) is 0.852. The lowest BCUT2D eigenvalue weighted by molar-refractivity contribution is 0.246.